The van der Waals surface area contributed by atoms with E-state index in [1.807, 2.05) is 0 Å². The first kappa shape index (κ1) is 7.01. The van der Waals surface area contributed by atoms with Crippen LogP contribution in [-0.2, 0) is 0 Å². The predicted molar refractivity (Wildman–Crippen MR) is 38.6 cm³/mol. The third kappa shape index (κ3) is 1.64. The van der Waals surface area contributed by atoms with Crippen LogP contribution in [0.3, 0.4) is 0 Å². The molecular formula is C5H9BN2. The number of nitrogen functional groups attached to an aromatic ring is 1. The van der Waals surface area contributed by atoms with Crippen molar-refractivity contribution in [3.05, 3.63) is 24.5 Å². The van der Waals surface area contributed by atoms with E-state index in [2.05, 4.69) is 4.98 Å². The zero-order valence-corrected chi connectivity index (χ0v) is 3.83. The molecule has 1 heterocycles. The van der Waals surface area contributed by atoms with Gasteiger partial charge in [-0.15, -0.1) is 0 Å². The maximum atomic E-state index is 5.30. The first-order valence-corrected chi connectivity index (χ1v) is 2.05. The highest BCUT2D eigenvalue weighted by Crippen LogP contribution is 1.92. The fourth-order valence-corrected chi connectivity index (χ4v) is 0.376. The normalized spacial score (nSPS) is 7.50. The number of pyridine rings is 1. The molecule has 1 aromatic rings. The third-order valence-corrected chi connectivity index (χ3v) is 0.684. The molecule has 42 valence electrons. The molecule has 0 aliphatic carbocycles. The molecule has 0 aliphatic rings. The second-order valence-electron chi connectivity index (χ2n) is 1.29. The van der Waals surface area contributed by atoms with Gasteiger partial charge in [-0.2, -0.15) is 0 Å². The van der Waals surface area contributed by atoms with Crippen LogP contribution in [0.5, 0.6) is 0 Å². The van der Waals surface area contributed by atoms with Crippen molar-refractivity contribution in [2.24, 2.45) is 0 Å². The van der Waals surface area contributed by atoms with E-state index in [-0.39, 0.29) is 8.41 Å². The van der Waals surface area contributed by atoms with E-state index in [4.69, 9.17) is 5.73 Å². The lowest BCUT2D eigenvalue weighted by molar-refractivity contribution is 1.33. The van der Waals surface area contributed by atoms with Gasteiger partial charge in [-0.1, -0.05) is 0 Å². The topological polar surface area (TPSA) is 38.9 Å². The summed E-state index contributed by atoms with van der Waals surface area (Å²) in [6.45, 7) is 0. The highest BCUT2D eigenvalue weighted by atomic mass is 14.7. The minimum atomic E-state index is 0. The highest BCUT2D eigenvalue weighted by Gasteiger charge is 1.73. The van der Waals surface area contributed by atoms with Gasteiger partial charge in [0, 0.05) is 12.4 Å². The maximum absolute atomic E-state index is 5.30. The predicted octanol–water partition coefficient (Wildman–Crippen LogP) is -0.520. The van der Waals surface area contributed by atoms with Crippen molar-refractivity contribution in [3.8, 4) is 0 Å². The smallest absolute Gasteiger partial charge is 0.0814 e. The zero-order chi connectivity index (χ0) is 5.11. The number of hydrogen-bond donors (Lipinski definition) is 1. The van der Waals surface area contributed by atoms with Gasteiger partial charge in [0.2, 0.25) is 0 Å². The van der Waals surface area contributed by atoms with Crippen LogP contribution in [0.1, 0.15) is 0 Å². The Labute approximate surface area is 50.3 Å². The van der Waals surface area contributed by atoms with Crippen molar-refractivity contribution < 1.29 is 0 Å². The van der Waals surface area contributed by atoms with Gasteiger partial charge in [-0.3, -0.25) is 4.98 Å². The number of aromatic nitrogens is 1. The summed E-state index contributed by atoms with van der Waals surface area (Å²) in [5, 5.41) is 0. The summed E-state index contributed by atoms with van der Waals surface area (Å²) in [6, 6.07) is 3.60. The van der Waals surface area contributed by atoms with E-state index in [9.17, 15) is 0 Å². The summed E-state index contributed by atoms with van der Waals surface area (Å²) in [5.74, 6) is 0. The van der Waals surface area contributed by atoms with Crippen molar-refractivity contribution in [1.82, 2.24) is 4.98 Å². The first-order chi connectivity index (χ1) is 3.39. The molecule has 0 radical (unpaired) electrons. The molecule has 0 bridgehead atoms. The van der Waals surface area contributed by atoms with E-state index in [1.165, 1.54) is 0 Å². The maximum Gasteiger partial charge on any atom is 0.0814 e. The molecule has 3 heteroatoms. The lowest BCUT2D eigenvalue weighted by Crippen LogP contribution is -1.82. The summed E-state index contributed by atoms with van der Waals surface area (Å²) in [4.78, 5) is 3.76. The summed E-state index contributed by atoms with van der Waals surface area (Å²) in [6.07, 6.45) is 3.30. The van der Waals surface area contributed by atoms with E-state index < -0.39 is 0 Å². The molecule has 1 aromatic heterocycles. The van der Waals surface area contributed by atoms with Gasteiger partial charge in [-0.25, -0.2) is 0 Å². The van der Waals surface area contributed by atoms with Crippen molar-refractivity contribution in [2.75, 3.05) is 5.73 Å². The Kier molecular flexibility index (Phi) is 2.70. The average molecular weight is 108 g/mol. The average Bonchev–Trinajstić information content (AvgIpc) is 1.69. The molecule has 0 spiro atoms. The Hall–Kier alpha value is -0.985. The van der Waals surface area contributed by atoms with Gasteiger partial charge in [0.15, 0.2) is 0 Å². The number of nitrogens with zero attached hydrogens (tertiary/aromatic N) is 1. The van der Waals surface area contributed by atoms with Crippen LogP contribution in [0.25, 0.3) is 0 Å². The Morgan fingerprint density at radius 2 is 2.25 bits per heavy atom. The van der Waals surface area contributed by atoms with Crippen molar-refractivity contribution in [1.29, 1.82) is 0 Å². The van der Waals surface area contributed by atoms with Gasteiger partial charge >= 0.3 is 0 Å². The first-order valence-electron chi connectivity index (χ1n) is 2.05. The summed E-state index contributed by atoms with van der Waals surface area (Å²) in [5.41, 5.74) is 6.01. The summed E-state index contributed by atoms with van der Waals surface area (Å²) < 4.78 is 0. The molecule has 0 aromatic carbocycles. The van der Waals surface area contributed by atoms with Crippen LogP contribution in [0.4, 0.5) is 5.69 Å². The zero-order valence-electron chi connectivity index (χ0n) is 3.83. The molecule has 0 amide bonds. The second kappa shape index (κ2) is 3.07. The molecule has 0 saturated carbocycles. The summed E-state index contributed by atoms with van der Waals surface area (Å²) >= 11 is 0. The molecule has 0 unspecified atom stereocenters. The summed E-state index contributed by atoms with van der Waals surface area (Å²) in [7, 11) is 0. The van der Waals surface area contributed by atoms with E-state index in [1.54, 1.807) is 24.5 Å². The van der Waals surface area contributed by atoms with Gasteiger partial charge in [0.05, 0.1) is 14.1 Å². The third-order valence-electron chi connectivity index (χ3n) is 0.684. The van der Waals surface area contributed by atoms with E-state index in [0.29, 0.717) is 5.69 Å². The van der Waals surface area contributed by atoms with Crippen LogP contribution in [-0.4, -0.2) is 13.4 Å². The van der Waals surface area contributed by atoms with Crippen LogP contribution >= 0.6 is 0 Å². The van der Waals surface area contributed by atoms with Gasteiger partial charge in [-0.05, 0) is 12.1 Å². The molecule has 8 heavy (non-hydrogen) atoms. The number of anilines is 1. The SMILES string of the molecule is B.Nc1cccnc1. The molecule has 0 fully saturated rings. The van der Waals surface area contributed by atoms with Crippen molar-refractivity contribution >= 4 is 14.1 Å². The van der Waals surface area contributed by atoms with Gasteiger partial charge < -0.3 is 5.73 Å². The standard InChI is InChI=1S/C5H6N2.BH3/c6-5-2-1-3-7-4-5;/h1-4H,6H2;1H3. The molecule has 0 aliphatic heterocycles. The minimum absolute atomic E-state index is 0. The lowest BCUT2D eigenvalue weighted by Gasteiger charge is -1.83. The van der Waals surface area contributed by atoms with Crippen LogP contribution in [0.15, 0.2) is 24.5 Å². The molecule has 2 nitrogen and oxygen atoms in total. The Bertz CT molecular complexity index is 140. The van der Waals surface area contributed by atoms with Crippen LogP contribution in [0.2, 0.25) is 0 Å². The molecule has 0 saturated heterocycles. The van der Waals surface area contributed by atoms with Crippen LogP contribution in [0, 0.1) is 0 Å². The Morgan fingerprint density at radius 3 is 2.50 bits per heavy atom. The fourth-order valence-electron chi connectivity index (χ4n) is 0.376. The lowest BCUT2D eigenvalue weighted by atomic mass is 10.4. The number of nitrogens with two attached hydrogens (primary N) is 1. The monoisotopic (exact) mass is 108 g/mol. The molecule has 2 N–H and O–H groups in total. The highest BCUT2D eigenvalue weighted by molar-refractivity contribution is 5.75. The fraction of sp³-hybridized carbons (Fsp3) is 0. The molecular weight excluding hydrogens is 98.9 g/mol. The number of rotatable bonds is 0. The van der Waals surface area contributed by atoms with E-state index >= 15 is 0 Å². The largest absolute Gasteiger partial charge is 0.397 e. The molecule has 0 atom stereocenters. The van der Waals surface area contributed by atoms with Crippen molar-refractivity contribution in [3.63, 3.8) is 0 Å². The Balaban J connectivity index is 0.000000490. The Morgan fingerprint density at radius 1 is 1.50 bits per heavy atom. The van der Waals surface area contributed by atoms with Gasteiger partial charge in [0.1, 0.15) is 0 Å². The van der Waals surface area contributed by atoms with Crippen LogP contribution < -0.4 is 5.73 Å². The number of hydrogen-bond acceptors (Lipinski definition) is 2. The van der Waals surface area contributed by atoms with Gasteiger partial charge in [0.25, 0.3) is 0 Å². The van der Waals surface area contributed by atoms with Crippen molar-refractivity contribution in [2.45, 2.75) is 0 Å². The molecule has 1 rings (SSSR count). The minimum Gasteiger partial charge on any atom is -0.397 e. The quantitative estimate of drug-likeness (QED) is 0.454. The van der Waals surface area contributed by atoms with E-state index in [0.717, 1.165) is 0 Å². The second-order valence-corrected chi connectivity index (χ2v) is 1.29.